The molecule has 2 aromatic heterocycles. The van der Waals surface area contributed by atoms with Gasteiger partial charge in [-0.15, -0.1) is 11.3 Å². The largest absolute Gasteiger partial charge is 0.393 e. The molecule has 24 heavy (non-hydrogen) atoms. The van der Waals surface area contributed by atoms with E-state index in [2.05, 4.69) is 15.3 Å². The quantitative estimate of drug-likeness (QED) is 0.427. The first-order valence-corrected chi connectivity index (χ1v) is 7.64. The minimum absolute atomic E-state index is 0.00432. The summed E-state index contributed by atoms with van der Waals surface area (Å²) in [6, 6.07) is 7.54. The zero-order valence-electron chi connectivity index (χ0n) is 12.2. The van der Waals surface area contributed by atoms with E-state index in [1.165, 1.54) is 23.5 Å². The van der Waals surface area contributed by atoms with Gasteiger partial charge in [-0.2, -0.15) is 0 Å². The lowest BCUT2D eigenvalue weighted by atomic mass is 10.1. The van der Waals surface area contributed by atoms with Gasteiger partial charge in [-0.05, 0) is 24.3 Å². The average molecular weight is 341 g/mol. The Labute approximate surface area is 140 Å². The molecule has 8 nitrogen and oxygen atoms in total. The first-order valence-electron chi connectivity index (χ1n) is 6.76. The molecule has 0 aliphatic rings. The zero-order chi connectivity index (χ0) is 17.1. The molecule has 1 aromatic carbocycles. The zero-order valence-corrected chi connectivity index (χ0v) is 13.0. The fourth-order valence-electron chi connectivity index (χ4n) is 1.99. The number of nitrogen functional groups attached to an aromatic ring is 1. The van der Waals surface area contributed by atoms with E-state index in [4.69, 9.17) is 5.73 Å². The molecule has 0 bridgehead atoms. The van der Waals surface area contributed by atoms with Gasteiger partial charge in [0.2, 0.25) is 0 Å². The number of hydrogen-bond acceptors (Lipinski definition) is 7. The van der Waals surface area contributed by atoms with Gasteiger partial charge in [0.05, 0.1) is 10.6 Å². The number of hydrogen-bond donors (Lipinski definition) is 2. The molecule has 3 aromatic rings. The summed E-state index contributed by atoms with van der Waals surface area (Å²) in [6.45, 7) is 0. The second-order valence-corrected chi connectivity index (χ2v) is 5.62. The highest BCUT2D eigenvalue weighted by molar-refractivity contribution is 7.14. The average Bonchev–Trinajstić information content (AvgIpc) is 3.04. The number of amides is 1. The van der Waals surface area contributed by atoms with Crippen LogP contribution < -0.4 is 11.1 Å². The van der Waals surface area contributed by atoms with Crippen molar-refractivity contribution in [3.63, 3.8) is 0 Å². The highest BCUT2D eigenvalue weighted by Crippen LogP contribution is 2.26. The molecule has 0 unspecified atom stereocenters. The van der Waals surface area contributed by atoms with Gasteiger partial charge in [-0.3, -0.25) is 25.2 Å². The second-order valence-electron chi connectivity index (χ2n) is 4.76. The van der Waals surface area contributed by atoms with E-state index in [1.807, 2.05) is 6.07 Å². The molecule has 120 valence electrons. The summed E-state index contributed by atoms with van der Waals surface area (Å²) in [7, 11) is 0. The number of benzene rings is 1. The molecule has 0 saturated carbocycles. The van der Waals surface area contributed by atoms with Crippen LogP contribution in [0.15, 0.2) is 48.1 Å². The van der Waals surface area contributed by atoms with Gasteiger partial charge in [0, 0.05) is 35.0 Å². The molecular weight excluding hydrogens is 330 g/mol. The fraction of sp³-hybridized carbons (Fsp3) is 0. The van der Waals surface area contributed by atoms with Crippen LogP contribution in [0.2, 0.25) is 0 Å². The summed E-state index contributed by atoms with van der Waals surface area (Å²) in [6.07, 6.45) is 3.33. The van der Waals surface area contributed by atoms with Crippen molar-refractivity contribution in [2.24, 2.45) is 0 Å². The van der Waals surface area contributed by atoms with Gasteiger partial charge in [-0.1, -0.05) is 0 Å². The lowest BCUT2D eigenvalue weighted by Gasteiger charge is -2.03. The van der Waals surface area contributed by atoms with E-state index in [-0.39, 0.29) is 16.9 Å². The summed E-state index contributed by atoms with van der Waals surface area (Å²) >= 11 is 1.25. The topological polar surface area (TPSA) is 124 Å². The van der Waals surface area contributed by atoms with Gasteiger partial charge < -0.3 is 5.73 Å². The van der Waals surface area contributed by atoms with Crippen molar-refractivity contribution in [1.29, 1.82) is 0 Å². The third-order valence-electron chi connectivity index (χ3n) is 3.17. The summed E-state index contributed by atoms with van der Waals surface area (Å²) in [5, 5.41) is 15.7. The summed E-state index contributed by atoms with van der Waals surface area (Å²) in [5.41, 5.74) is 6.87. The van der Waals surface area contributed by atoms with Crippen molar-refractivity contribution >= 4 is 33.8 Å². The third-order valence-corrected chi connectivity index (χ3v) is 3.93. The predicted octanol–water partition coefficient (Wildman–Crippen LogP) is 2.95. The molecule has 3 N–H and O–H groups in total. The number of carbonyl (C=O) groups excluding carboxylic acids is 1. The van der Waals surface area contributed by atoms with Crippen LogP contribution in [-0.4, -0.2) is 20.8 Å². The number of aromatic nitrogens is 2. The molecule has 0 aliphatic carbocycles. The van der Waals surface area contributed by atoms with Gasteiger partial charge in [-0.25, -0.2) is 4.98 Å². The minimum Gasteiger partial charge on any atom is -0.393 e. The first kappa shape index (κ1) is 15.6. The molecule has 0 radical (unpaired) electrons. The van der Waals surface area contributed by atoms with E-state index in [1.54, 1.807) is 23.8 Å². The third kappa shape index (κ3) is 3.20. The molecule has 3 rings (SSSR count). The molecule has 0 fully saturated rings. The summed E-state index contributed by atoms with van der Waals surface area (Å²) < 4.78 is 0. The maximum Gasteiger partial charge on any atom is 0.292 e. The molecule has 0 atom stereocenters. The number of rotatable bonds is 4. The van der Waals surface area contributed by atoms with Crippen molar-refractivity contribution in [2.45, 2.75) is 0 Å². The Kier molecular flexibility index (Phi) is 4.17. The van der Waals surface area contributed by atoms with Crippen molar-refractivity contribution in [3.05, 3.63) is 63.8 Å². The summed E-state index contributed by atoms with van der Waals surface area (Å²) in [5.74, 6) is -0.495. The van der Waals surface area contributed by atoms with E-state index in [0.29, 0.717) is 10.8 Å². The van der Waals surface area contributed by atoms with Crippen molar-refractivity contribution < 1.29 is 9.72 Å². The highest BCUT2D eigenvalue weighted by atomic mass is 32.1. The molecule has 0 aliphatic heterocycles. The van der Waals surface area contributed by atoms with E-state index < -0.39 is 10.8 Å². The molecule has 9 heteroatoms. The molecule has 0 spiro atoms. The number of nitro groups is 1. The standard InChI is InChI=1S/C15H11N5O3S/c16-11-4-3-9(6-13(11)20(22)23)14(21)19-15-18-12(8-24-15)10-2-1-5-17-7-10/h1-8H,16H2,(H,18,19,21). The molecule has 2 heterocycles. The van der Waals surface area contributed by atoms with Crippen LogP contribution in [0.3, 0.4) is 0 Å². The van der Waals surface area contributed by atoms with E-state index >= 15 is 0 Å². The van der Waals surface area contributed by atoms with Crippen LogP contribution in [0, 0.1) is 10.1 Å². The number of nitrogens with zero attached hydrogens (tertiary/aromatic N) is 3. The Balaban J connectivity index is 1.80. The van der Waals surface area contributed by atoms with Gasteiger partial charge in [0.25, 0.3) is 11.6 Å². The number of nitrogens with two attached hydrogens (primary N) is 1. The molecule has 0 saturated heterocycles. The monoisotopic (exact) mass is 341 g/mol. The van der Waals surface area contributed by atoms with Crippen LogP contribution in [0.25, 0.3) is 11.3 Å². The van der Waals surface area contributed by atoms with Crippen LogP contribution in [0.5, 0.6) is 0 Å². The van der Waals surface area contributed by atoms with Gasteiger partial charge >= 0.3 is 0 Å². The van der Waals surface area contributed by atoms with Crippen molar-refractivity contribution in [1.82, 2.24) is 9.97 Å². The maximum absolute atomic E-state index is 12.2. The van der Waals surface area contributed by atoms with Crippen molar-refractivity contribution in [2.75, 3.05) is 11.1 Å². The Morgan fingerprint density at radius 3 is 2.88 bits per heavy atom. The smallest absolute Gasteiger partial charge is 0.292 e. The van der Waals surface area contributed by atoms with Crippen LogP contribution >= 0.6 is 11.3 Å². The fourth-order valence-corrected chi connectivity index (χ4v) is 2.71. The minimum atomic E-state index is -0.629. The number of thiazole rings is 1. The first-order chi connectivity index (χ1) is 11.5. The SMILES string of the molecule is Nc1ccc(C(=O)Nc2nc(-c3cccnc3)cs2)cc1[N+](=O)[O-]. The summed E-state index contributed by atoms with van der Waals surface area (Å²) in [4.78, 5) is 30.8. The lowest BCUT2D eigenvalue weighted by molar-refractivity contribution is -0.383. The predicted molar refractivity (Wildman–Crippen MR) is 90.8 cm³/mol. The number of nitrogens with one attached hydrogen (secondary N) is 1. The number of anilines is 2. The van der Waals surface area contributed by atoms with Crippen LogP contribution in [0.1, 0.15) is 10.4 Å². The Morgan fingerprint density at radius 2 is 2.17 bits per heavy atom. The highest BCUT2D eigenvalue weighted by Gasteiger charge is 2.16. The van der Waals surface area contributed by atoms with Gasteiger partial charge in [0.1, 0.15) is 5.69 Å². The number of pyridine rings is 1. The van der Waals surface area contributed by atoms with Crippen molar-refractivity contribution in [3.8, 4) is 11.3 Å². The van der Waals surface area contributed by atoms with Crippen LogP contribution in [-0.2, 0) is 0 Å². The Hall–Kier alpha value is -3.33. The molecule has 1 amide bonds. The Bertz CT molecular complexity index is 910. The normalized spacial score (nSPS) is 10.3. The lowest BCUT2D eigenvalue weighted by Crippen LogP contribution is -2.12. The van der Waals surface area contributed by atoms with Gasteiger partial charge in [0.15, 0.2) is 5.13 Å². The number of carbonyl (C=O) groups is 1. The Morgan fingerprint density at radius 1 is 1.33 bits per heavy atom. The van der Waals surface area contributed by atoms with E-state index in [9.17, 15) is 14.9 Å². The second kappa shape index (κ2) is 6.42. The maximum atomic E-state index is 12.2. The van der Waals surface area contributed by atoms with E-state index in [0.717, 1.165) is 11.6 Å². The number of nitro benzene ring substituents is 1. The molecular formula is C15H11N5O3S. The van der Waals surface area contributed by atoms with Crippen LogP contribution in [0.4, 0.5) is 16.5 Å².